The molecule has 3 N–H and O–H groups in total. The minimum Gasteiger partial charge on any atom is -0.481 e. The Hall–Kier alpha value is -4.61. The molecule has 0 unspecified atom stereocenters. The third-order valence-electron chi connectivity index (χ3n) is 9.47. The Morgan fingerprint density at radius 1 is 0.922 bits per heavy atom. The first-order valence-corrected chi connectivity index (χ1v) is 17.7. The van der Waals surface area contributed by atoms with Crippen LogP contribution in [0.15, 0.2) is 79.1 Å². The molecule has 0 radical (unpaired) electrons. The number of hydrogen-bond acceptors (Lipinski definition) is 8. The van der Waals surface area contributed by atoms with E-state index in [9.17, 15) is 9.18 Å². The van der Waals surface area contributed by atoms with Gasteiger partial charge in [0.1, 0.15) is 11.6 Å². The number of carbonyl (C=O) groups is 1. The number of benzene rings is 2. The van der Waals surface area contributed by atoms with Crippen molar-refractivity contribution in [1.82, 2.24) is 30.9 Å². The molecule has 7 rings (SSSR count). The van der Waals surface area contributed by atoms with Crippen LogP contribution in [0.25, 0.3) is 33.6 Å². The number of anilines is 1. The van der Waals surface area contributed by atoms with Crippen LogP contribution >= 0.6 is 23.2 Å². The first kappa shape index (κ1) is 34.8. The quantitative estimate of drug-likeness (QED) is 0.130. The highest BCUT2D eigenvalue weighted by Crippen LogP contribution is 2.43. The molecule has 5 heterocycles. The van der Waals surface area contributed by atoms with Crippen LogP contribution in [0.2, 0.25) is 10.0 Å². The number of halogens is 3. The normalized spacial score (nSPS) is 17.0. The molecule has 3 aromatic heterocycles. The summed E-state index contributed by atoms with van der Waals surface area (Å²) in [4.78, 5) is 27.5. The fraction of sp³-hybridized carbons (Fsp3) is 0.282. The van der Waals surface area contributed by atoms with Crippen molar-refractivity contribution in [2.45, 2.75) is 44.4 Å². The average molecular weight is 727 g/mol. The lowest BCUT2D eigenvalue weighted by molar-refractivity contribution is -0.119. The van der Waals surface area contributed by atoms with Crippen LogP contribution in [0, 0.1) is 5.82 Å². The number of fused-ring (bicyclic) bond motifs is 1. The van der Waals surface area contributed by atoms with Crippen molar-refractivity contribution >= 4 is 34.9 Å². The zero-order chi connectivity index (χ0) is 35.5. The van der Waals surface area contributed by atoms with E-state index in [-0.39, 0.29) is 23.8 Å². The number of amides is 1. The Morgan fingerprint density at radius 3 is 2.31 bits per heavy atom. The van der Waals surface area contributed by atoms with Crippen LogP contribution in [-0.4, -0.2) is 54.1 Å². The largest absolute Gasteiger partial charge is 0.481 e. The van der Waals surface area contributed by atoms with Gasteiger partial charge in [0.2, 0.25) is 11.8 Å². The lowest BCUT2D eigenvalue weighted by Gasteiger charge is -2.33. The number of pyridine rings is 3. The molecule has 51 heavy (non-hydrogen) atoms. The molecule has 1 fully saturated rings. The first-order valence-electron chi connectivity index (χ1n) is 17.0. The zero-order valence-corrected chi connectivity index (χ0v) is 29.9. The maximum Gasteiger partial charge on any atom is 0.220 e. The lowest BCUT2D eigenvalue weighted by atomic mass is 9.96. The van der Waals surface area contributed by atoms with E-state index < -0.39 is 0 Å². The minimum atomic E-state index is -0.347. The molecule has 1 saturated heterocycles. The van der Waals surface area contributed by atoms with Gasteiger partial charge in [-0.2, -0.15) is 0 Å². The number of nitrogens with one attached hydrogen (secondary N) is 3. The summed E-state index contributed by atoms with van der Waals surface area (Å²) in [5, 5.41) is 11.0. The first-order chi connectivity index (χ1) is 24.8. The predicted octanol–water partition coefficient (Wildman–Crippen LogP) is 7.37. The van der Waals surface area contributed by atoms with E-state index in [1.807, 2.05) is 61.6 Å². The van der Waals surface area contributed by atoms with E-state index in [4.69, 9.17) is 37.9 Å². The molecule has 0 aliphatic carbocycles. The van der Waals surface area contributed by atoms with Crippen molar-refractivity contribution in [1.29, 1.82) is 0 Å². The van der Waals surface area contributed by atoms with Crippen molar-refractivity contribution < 1.29 is 13.9 Å². The molecule has 2 aliphatic heterocycles. The maximum absolute atomic E-state index is 13.7. The van der Waals surface area contributed by atoms with Gasteiger partial charge in [0.05, 0.1) is 34.7 Å². The number of carbonyl (C=O) groups excluding carboxylic acids is 1. The van der Waals surface area contributed by atoms with E-state index in [2.05, 4.69) is 31.9 Å². The summed E-state index contributed by atoms with van der Waals surface area (Å²) in [5.74, 6) is 1.13. The molecule has 2 atom stereocenters. The van der Waals surface area contributed by atoms with E-state index in [0.717, 1.165) is 69.8 Å². The van der Waals surface area contributed by atoms with Gasteiger partial charge >= 0.3 is 0 Å². The molecular formula is C39H38Cl2FN7O2. The van der Waals surface area contributed by atoms with Gasteiger partial charge in [-0.25, -0.2) is 14.4 Å². The summed E-state index contributed by atoms with van der Waals surface area (Å²) in [6, 6.07) is 21.4. The Balaban J connectivity index is 1.13. The number of rotatable bonds is 11. The Labute approximate surface area is 306 Å². The smallest absolute Gasteiger partial charge is 0.220 e. The van der Waals surface area contributed by atoms with Crippen molar-refractivity contribution in [2.75, 3.05) is 32.1 Å². The summed E-state index contributed by atoms with van der Waals surface area (Å²) in [5.41, 5.74) is 7.30. The second-order valence-electron chi connectivity index (χ2n) is 12.9. The van der Waals surface area contributed by atoms with Gasteiger partial charge in [-0.05, 0) is 36.6 Å². The molecule has 0 spiro atoms. The molecule has 262 valence electrons. The Bertz CT molecular complexity index is 2080. The van der Waals surface area contributed by atoms with Gasteiger partial charge in [-0.1, -0.05) is 71.7 Å². The third kappa shape index (κ3) is 7.55. The van der Waals surface area contributed by atoms with E-state index in [0.29, 0.717) is 47.7 Å². The monoisotopic (exact) mass is 725 g/mol. The van der Waals surface area contributed by atoms with Gasteiger partial charge in [-0.3, -0.25) is 9.78 Å². The number of methoxy groups -OCH3 is 1. The standard InChI is InChI=1S/C39H38Cl2FN7O2/c1-49-16-15-32(45-19-23-17-25(42)21-43-18-23)31-11-13-33(47-38(31)49)29-7-3-5-27(36(29)40)28-6-4-8-30(37(28)41)34-12-9-24(39(48-34)51-2)20-44-22-26-10-14-35(50)46-26/h3-9,11-13,17-18,21,26,32,44-45H,10,14-16,19-20,22H2,1-2H3,(H,46,50)/t26-,32-/m1/s1. The van der Waals surface area contributed by atoms with Gasteiger partial charge in [0.25, 0.3) is 0 Å². The highest BCUT2D eigenvalue weighted by atomic mass is 35.5. The third-order valence-corrected chi connectivity index (χ3v) is 10.3. The Kier molecular flexibility index (Phi) is 10.5. The number of hydrogen-bond donors (Lipinski definition) is 3. The van der Waals surface area contributed by atoms with Crippen LogP contribution in [0.1, 0.15) is 42.0 Å². The van der Waals surface area contributed by atoms with E-state index >= 15 is 0 Å². The fourth-order valence-corrected chi connectivity index (χ4v) is 7.44. The van der Waals surface area contributed by atoms with Crippen molar-refractivity contribution in [3.63, 3.8) is 0 Å². The molecule has 2 aromatic carbocycles. The lowest BCUT2D eigenvalue weighted by Crippen LogP contribution is -2.35. The molecule has 1 amide bonds. The molecule has 5 aromatic rings. The van der Waals surface area contributed by atoms with Crippen molar-refractivity contribution in [3.8, 4) is 39.5 Å². The zero-order valence-electron chi connectivity index (χ0n) is 28.3. The van der Waals surface area contributed by atoms with E-state index in [1.165, 1.54) is 12.3 Å². The second-order valence-corrected chi connectivity index (χ2v) is 13.7. The van der Waals surface area contributed by atoms with Crippen LogP contribution in [0.3, 0.4) is 0 Å². The predicted molar refractivity (Wildman–Crippen MR) is 199 cm³/mol. The summed E-state index contributed by atoms with van der Waals surface area (Å²) in [6.45, 7) is 2.54. The number of nitrogens with zero attached hydrogens (tertiary/aromatic N) is 4. The maximum atomic E-state index is 13.7. The van der Waals surface area contributed by atoms with Gasteiger partial charge in [-0.15, -0.1) is 0 Å². The van der Waals surface area contributed by atoms with Crippen molar-refractivity contribution in [3.05, 3.63) is 112 Å². The molecular weight excluding hydrogens is 688 g/mol. The van der Waals surface area contributed by atoms with Gasteiger partial charge in [0, 0.05) is 91.3 Å². The summed E-state index contributed by atoms with van der Waals surface area (Å²) in [6.07, 6.45) is 5.18. The fourth-order valence-electron chi connectivity index (χ4n) is 6.79. The topological polar surface area (TPSA) is 104 Å². The molecule has 2 aliphatic rings. The van der Waals surface area contributed by atoms with Gasteiger partial charge < -0.3 is 25.6 Å². The second kappa shape index (κ2) is 15.3. The number of ether oxygens (including phenoxy) is 1. The van der Waals surface area contributed by atoms with Crippen LogP contribution in [0.4, 0.5) is 10.2 Å². The van der Waals surface area contributed by atoms with Gasteiger partial charge in [0.15, 0.2) is 0 Å². The minimum absolute atomic E-state index is 0.0584. The Morgan fingerprint density at radius 2 is 1.63 bits per heavy atom. The van der Waals surface area contributed by atoms with Crippen molar-refractivity contribution in [2.24, 2.45) is 0 Å². The SMILES string of the molecule is COc1nc(-c2cccc(-c3cccc(-c4ccc5c(n4)N(C)CC[C@H]5NCc4cncc(F)c4)c3Cl)c2Cl)ccc1CNC[C@H]1CCC(=O)N1. The van der Waals surface area contributed by atoms with Crippen LogP contribution in [-0.2, 0) is 17.9 Å². The van der Waals surface area contributed by atoms with E-state index in [1.54, 1.807) is 13.3 Å². The average Bonchev–Trinajstić information content (AvgIpc) is 3.56. The molecule has 0 saturated carbocycles. The summed E-state index contributed by atoms with van der Waals surface area (Å²) in [7, 11) is 3.64. The molecule has 12 heteroatoms. The van der Waals surface area contributed by atoms with Crippen LogP contribution in [0.5, 0.6) is 5.88 Å². The molecule has 9 nitrogen and oxygen atoms in total. The highest BCUT2D eigenvalue weighted by Gasteiger charge is 2.26. The number of aromatic nitrogens is 3. The summed E-state index contributed by atoms with van der Waals surface area (Å²) >= 11 is 14.3. The highest BCUT2D eigenvalue weighted by molar-refractivity contribution is 6.39. The summed E-state index contributed by atoms with van der Waals surface area (Å²) < 4.78 is 19.4. The van der Waals surface area contributed by atoms with Crippen LogP contribution < -0.4 is 25.6 Å². The molecule has 0 bridgehead atoms.